The summed E-state index contributed by atoms with van der Waals surface area (Å²) in [7, 11) is 0. The number of thioether (sulfide) groups is 1. The first-order valence-electron chi connectivity index (χ1n) is 9.03. The third kappa shape index (κ3) is 4.00. The number of nitrogens with zero attached hydrogens (tertiary/aromatic N) is 3. The molecule has 5 nitrogen and oxygen atoms in total. The Morgan fingerprint density at radius 2 is 1.83 bits per heavy atom. The van der Waals surface area contributed by atoms with E-state index in [0.29, 0.717) is 22.3 Å². The molecule has 0 spiro atoms. The highest BCUT2D eigenvalue weighted by Crippen LogP contribution is 2.32. The number of carbonyl (C=O) groups excluding carboxylic acids is 1. The van der Waals surface area contributed by atoms with Gasteiger partial charge in [0, 0.05) is 11.3 Å². The second-order valence-electron chi connectivity index (χ2n) is 6.54. The third-order valence-electron chi connectivity index (χ3n) is 4.54. The molecule has 1 aliphatic rings. The van der Waals surface area contributed by atoms with Crippen LogP contribution in [0.4, 0.5) is 10.1 Å². The maximum absolute atomic E-state index is 13.4. The Morgan fingerprint density at radius 3 is 2.48 bits per heavy atom. The molecular weight excluding hydrogens is 389 g/mol. The Labute approximate surface area is 171 Å². The van der Waals surface area contributed by atoms with Gasteiger partial charge in [0.15, 0.2) is 5.17 Å². The molecule has 4 rings (SSSR count). The molecule has 2 heterocycles. The van der Waals surface area contributed by atoms with E-state index >= 15 is 0 Å². The summed E-state index contributed by atoms with van der Waals surface area (Å²) in [4.78, 5) is 19.2. The number of carbonyl (C=O) groups is 1. The lowest BCUT2D eigenvalue weighted by Gasteiger charge is -2.17. The standard InChI is InChI=1S/C22H18FN3O2S/c1-14-19(15(2)28-25-14)13-29-22-24-20(12-16-6-4-3-5-7-16)21(27)26(22)18-10-8-17(23)9-11-18/h3-12H,13H2,1-2H3/b20-12-. The predicted molar refractivity (Wildman–Crippen MR) is 113 cm³/mol. The third-order valence-corrected chi connectivity index (χ3v) is 5.51. The molecule has 0 aliphatic carbocycles. The number of aliphatic imine (C=N–C) groups is 1. The molecule has 0 saturated heterocycles. The van der Waals surface area contributed by atoms with Crippen LogP contribution in [0.15, 0.2) is 69.8 Å². The van der Waals surface area contributed by atoms with Gasteiger partial charge in [-0.05, 0) is 49.8 Å². The van der Waals surface area contributed by atoms with Crippen molar-refractivity contribution in [3.8, 4) is 0 Å². The van der Waals surface area contributed by atoms with Crippen LogP contribution in [-0.4, -0.2) is 16.2 Å². The smallest absolute Gasteiger partial charge is 0.283 e. The fraction of sp³-hybridized carbons (Fsp3) is 0.136. The molecule has 0 fully saturated rings. The van der Waals surface area contributed by atoms with E-state index in [1.807, 2.05) is 44.2 Å². The molecule has 3 aromatic rings. The van der Waals surface area contributed by atoms with Crippen LogP contribution in [0.25, 0.3) is 6.08 Å². The molecule has 1 aliphatic heterocycles. The molecule has 1 amide bonds. The number of rotatable bonds is 4. The topological polar surface area (TPSA) is 58.7 Å². The minimum absolute atomic E-state index is 0.248. The van der Waals surface area contributed by atoms with Crippen molar-refractivity contribution in [3.63, 3.8) is 0 Å². The average molecular weight is 407 g/mol. The van der Waals surface area contributed by atoms with E-state index in [1.165, 1.54) is 28.8 Å². The van der Waals surface area contributed by atoms with E-state index in [-0.39, 0.29) is 11.7 Å². The summed E-state index contributed by atoms with van der Waals surface area (Å²) >= 11 is 1.42. The number of halogens is 1. The van der Waals surface area contributed by atoms with Crippen LogP contribution in [-0.2, 0) is 10.5 Å². The van der Waals surface area contributed by atoms with E-state index in [0.717, 1.165) is 22.6 Å². The summed E-state index contributed by atoms with van der Waals surface area (Å²) in [6, 6.07) is 15.4. The number of benzene rings is 2. The maximum atomic E-state index is 13.4. The first kappa shape index (κ1) is 19.1. The van der Waals surface area contributed by atoms with Crippen LogP contribution >= 0.6 is 11.8 Å². The lowest BCUT2D eigenvalue weighted by atomic mass is 10.2. The van der Waals surface area contributed by atoms with Gasteiger partial charge in [0.1, 0.15) is 17.3 Å². The van der Waals surface area contributed by atoms with Gasteiger partial charge in [-0.15, -0.1) is 0 Å². The Hall–Kier alpha value is -3.19. The van der Waals surface area contributed by atoms with Crippen LogP contribution in [0.5, 0.6) is 0 Å². The molecule has 0 saturated carbocycles. The Kier molecular flexibility index (Phi) is 5.31. The van der Waals surface area contributed by atoms with E-state index in [2.05, 4.69) is 10.1 Å². The van der Waals surface area contributed by atoms with Crippen molar-refractivity contribution in [2.75, 3.05) is 4.90 Å². The fourth-order valence-electron chi connectivity index (χ4n) is 2.96. The molecule has 7 heteroatoms. The van der Waals surface area contributed by atoms with Crippen molar-refractivity contribution in [1.29, 1.82) is 0 Å². The molecule has 0 atom stereocenters. The molecule has 0 N–H and O–H groups in total. The molecule has 0 radical (unpaired) electrons. The van der Waals surface area contributed by atoms with Crippen LogP contribution < -0.4 is 4.90 Å². The monoisotopic (exact) mass is 407 g/mol. The van der Waals surface area contributed by atoms with Crippen molar-refractivity contribution >= 4 is 34.6 Å². The van der Waals surface area contributed by atoms with Gasteiger partial charge in [0.2, 0.25) is 0 Å². The van der Waals surface area contributed by atoms with Gasteiger partial charge in [0.05, 0.1) is 11.4 Å². The number of hydrogen-bond donors (Lipinski definition) is 0. The average Bonchev–Trinajstić information content (AvgIpc) is 3.20. The summed E-state index contributed by atoms with van der Waals surface area (Å²) in [5.41, 5.74) is 3.58. The van der Waals surface area contributed by atoms with Crippen LogP contribution in [0.2, 0.25) is 0 Å². The number of amides is 1. The van der Waals surface area contributed by atoms with E-state index < -0.39 is 0 Å². The normalized spacial score (nSPS) is 15.3. The van der Waals surface area contributed by atoms with E-state index in [1.54, 1.807) is 18.2 Å². The number of aromatic nitrogens is 1. The lowest BCUT2D eigenvalue weighted by Crippen LogP contribution is -2.30. The zero-order valence-electron chi connectivity index (χ0n) is 15.9. The summed E-state index contributed by atoms with van der Waals surface area (Å²) in [6.07, 6.45) is 1.75. The predicted octanol–water partition coefficient (Wildman–Crippen LogP) is 5.11. The summed E-state index contributed by atoms with van der Waals surface area (Å²) in [6.45, 7) is 3.74. The molecule has 146 valence electrons. The molecule has 29 heavy (non-hydrogen) atoms. The van der Waals surface area contributed by atoms with Gasteiger partial charge in [-0.3, -0.25) is 9.69 Å². The van der Waals surface area contributed by atoms with Crippen LogP contribution in [0.3, 0.4) is 0 Å². The van der Waals surface area contributed by atoms with Crippen molar-refractivity contribution < 1.29 is 13.7 Å². The number of aryl methyl sites for hydroxylation is 2. The lowest BCUT2D eigenvalue weighted by molar-refractivity contribution is -0.113. The molecule has 0 unspecified atom stereocenters. The highest BCUT2D eigenvalue weighted by Gasteiger charge is 2.32. The minimum atomic E-state index is -0.359. The maximum Gasteiger partial charge on any atom is 0.283 e. The molecular formula is C22H18FN3O2S. The first-order chi connectivity index (χ1) is 14.0. The van der Waals surface area contributed by atoms with Gasteiger partial charge in [-0.25, -0.2) is 9.38 Å². The number of amidine groups is 1. The van der Waals surface area contributed by atoms with Crippen molar-refractivity contribution in [1.82, 2.24) is 5.16 Å². The molecule has 1 aromatic heterocycles. The fourth-order valence-corrected chi connectivity index (χ4v) is 4.13. The quantitative estimate of drug-likeness (QED) is 0.564. The number of hydrogen-bond acceptors (Lipinski definition) is 5. The summed E-state index contributed by atoms with van der Waals surface area (Å²) in [5, 5.41) is 4.50. The summed E-state index contributed by atoms with van der Waals surface area (Å²) in [5.74, 6) is 0.696. The van der Waals surface area contributed by atoms with Gasteiger partial charge in [-0.1, -0.05) is 47.3 Å². The zero-order valence-corrected chi connectivity index (χ0v) is 16.7. The zero-order chi connectivity index (χ0) is 20.4. The highest BCUT2D eigenvalue weighted by atomic mass is 32.2. The SMILES string of the molecule is Cc1noc(C)c1CSC1=N/C(=C\c2ccccc2)C(=O)N1c1ccc(F)cc1. The van der Waals surface area contributed by atoms with Crippen LogP contribution in [0, 0.1) is 19.7 Å². The van der Waals surface area contributed by atoms with Gasteiger partial charge in [0.25, 0.3) is 5.91 Å². The minimum Gasteiger partial charge on any atom is -0.361 e. The highest BCUT2D eigenvalue weighted by molar-refractivity contribution is 8.13. The molecule has 0 bridgehead atoms. The first-order valence-corrected chi connectivity index (χ1v) is 10.0. The van der Waals surface area contributed by atoms with Crippen LogP contribution in [0.1, 0.15) is 22.6 Å². The summed E-state index contributed by atoms with van der Waals surface area (Å²) < 4.78 is 18.6. The second kappa shape index (κ2) is 8.05. The Morgan fingerprint density at radius 1 is 1.10 bits per heavy atom. The van der Waals surface area contributed by atoms with Gasteiger partial charge in [-0.2, -0.15) is 0 Å². The van der Waals surface area contributed by atoms with Crippen molar-refractivity contribution in [2.45, 2.75) is 19.6 Å². The Bertz CT molecular complexity index is 1090. The van der Waals surface area contributed by atoms with Gasteiger partial charge < -0.3 is 4.52 Å². The van der Waals surface area contributed by atoms with Gasteiger partial charge >= 0.3 is 0 Å². The largest absolute Gasteiger partial charge is 0.361 e. The number of anilines is 1. The van der Waals surface area contributed by atoms with Crippen molar-refractivity contribution in [3.05, 3.63) is 88.7 Å². The molecule has 2 aromatic carbocycles. The van der Waals surface area contributed by atoms with Crippen molar-refractivity contribution in [2.24, 2.45) is 4.99 Å². The Balaban J connectivity index is 1.68. The second-order valence-corrected chi connectivity index (χ2v) is 7.49. The van der Waals surface area contributed by atoms with E-state index in [9.17, 15) is 9.18 Å². The van der Waals surface area contributed by atoms with E-state index in [4.69, 9.17) is 4.52 Å².